The first-order valence-electron chi connectivity index (χ1n) is 7.89. The number of hydrogen-bond acceptors (Lipinski definition) is 5. The topological polar surface area (TPSA) is 69.7 Å². The van der Waals surface area contributed by atoms with Gasteiger partial charge in [-0.25, -0.2) is 4.39 Å². The largest absolute Gasteiger partial charge is 0.469 e. The van der Waals surface area contributed by atoms with Gasteiger partial charge in [0, 0.05) is 17.4 Å². The van der Waals surface area contributed by atoms with Crippen LogP contribution in [0.1, 0.15) is 48.0 Å². The van der Waals surface area contributed by atoms with Crippen LogP contribution >= 0.6 is 0 Å². The molecule has 0 spiro atoms. The normalized spacial score (nSPS) is 19.5. The zero-order valence-corrected chi connectivity index (χ0v) is 13.9. The summed E-state index contributed by atoms with van der Waals surface area (Å²) in [5, 5.41) is 0. The first-order valence-corrected chi connectivity index (χ1v) is 7.89. The molecular weight excluding hydrogens is 315 g/mol. The third kappa shape index (κ3) is 3.63. The van der Waals surface area contributed by atoms with Gasteiger partial charge >= 0.3 is 11.9 Å². The minimum Gasteiger partial charge on any atom is -0.469 e. The van der Waals surface area contributed by atoms with Crippen LogP contribution in [-0.4, -0.2) is 31.9 Å². The molecule has 1 aromatic carbocycles. The average Bonchev–Trinajstić information content (AvgIpc) is 2.58. The van der Waals surface area contributed by atoms with Crippen LogP contribution in [0.4, 0.5) is 4.39 Å². The van der Waals surface area contributed by atoms with Crippen LogP contribution in [0.15, 0.2) is 18.2 Å². The van der Waals surface area contributed by atoms with Crippen molar-refractivity contribution in [1.29, 1.82) is 0 Å². The number of halogens is 1. The molecule has 6 heteroatoms. The highest BCUT2D eigenvalue weighted by molar-refractivity contribution is 6.04. The Labute approximate surface area is 140 Å². The summed E-state index contributed by atoms with van der Waals surface area (Å²) in [4.78, 5) is 36.1. The number of benzene rings is 1. The van der Waals surface area contributed by atoms with E-state index in [0.717, 1.165) is 0 Å². The molecule has 5 nitrogen and oxygen atoms in total. The third-order valence-electron chi connectivity index (χ3n) is 4.67. The molecule has 0 saturated carbocycles. The van der Waals surface area contributed by atoms with E-state index in [2.05, 4.69) is 4.74 Å². The summed E-state index contributed by atoms with van der Waals surface area (Å²) in [7, 11) is 2.57. The second-order valence-electron chi connectivity index (χ2n) is 6.06. The minimum atomic E-state index is -0.956. The molecule has 0 heterocycles. The van der Waals surface area contributed by atoms with E-state index in [4.69, 9.17) is 4.74 Å². The van der Waals surface area contributed by atoms with Crippen molar-refractivity contribution in [2.24, 2.45) is 5.41 Å². The average molecular weight is 336 g/mol. The molecule has 0 aromatic heterocycles. The summed E-state index contributed by atoms with van der Waals surface area (Å²) < 4.78 is 23.3. The van der Waals surface area contributed by atoms with Crippen molar-refractivity contribution < 1.29 is 28.2 Å². The highest BCUT2D eigenvalue weighted by Gasteiger charge is 2.44. The van der Waals surface area contributed by atoms with E-state index < -0.39 is 17.2 Å². The van der Waals surface area contributed by atoms with Crippen molar-refractivity contribution in [3.8, 4) is 0 Å². The lowest BCUT2D eigenvalue weighted by molar-refractivity contribution is -0.143. The Balaban J connectivity index is 2.28. The molecule has 1 aliphatic rings. The summed E-state index contributed by atoms with van der Waals surface area (Å²) >= 11 is 0. The molecular formula is C18H21FO5. The number of ketones is 1. The van der Waals surface area contributed by atoms with Crippen molar-refractivity contribution in [3.05, 3.63) is 35.1 Å². The zero-order chi connectivity index (χ0) is 17.7. The van der Waals surface area contributed by atoms with Crippen molar-refractivity contribution in [3.63, 3.8) is 0 Å². The Morgan fingerprint density at radius 1 is 1.21 bits per heavy atom. The fourth-order valence-corrected chi connectivity index (χ4v) is 3.31. The van der Waals surface area contributed by atoms with E-state index in [-0.39, 0.29) is 24.6 Å². The number of esters is 2. The van der Waals surface area contributed by atoms with E-state index >= 15 is 0 Å². The molecule has 0 fully saturated rings. The Morgan fingerprint density at radius 2 is 1.92 bits per heavy atom. The lowest BCUT2D eigenvalue weighted by Gasteiger charge is -2.36. The maximum atomic E-state index is 13.9. The summed E-state index contributed by atoms with van der Waals surface area (Å²) in [6.07, 6.45) is 1.60. The van der Waals surface area contributed by atoms with Gasteiger partial charge in [-0.2, -0.15) is 0 Å². The Bertz CT molecular complexity index is 655. The van der Waals surface area contributed by atoms with Gasteiger partial charge in [0.05, 0.1) is 20.6 Å². The van der Waals surface area contributed by atoms with E-state index in [1.54, 1.807) is 6.07 Å². The van der Waals surface area contributed by atoms with Crippen LogP contribution in [0.2, 0.25) is 0 Å². The summed E-state index contributed by atoms with van der Waals surface area (Å²) in [5.74, 6) is -1.50. The molecule has 1 unspecified atom stereocenters. The number of carbonyl (C=O) groups is 3. The molecule has 0 saturated heterocycles. The van der Waals surface area contributed by atoms with Crippen molar-refractivity contribution >= 4 is 17.7 Å². The van der Waals surface area contributed by atoms with Crippen molar-refractivity contribution in [1.82, 2.24) is 0 Å². The van der Waals surface area contributed by atoms with Crippen LogP contribution in [0, 0.1) is 11.2 Å². The van der Waals surface area contributed by atoms with Crippen LogP contribution < -0.4 is 0 Å². The highest BCUT2D eigenvalue weighted by Crippen LogP contribution is 2.43. The van der Waals surface area contributed by atoms with Gasteiger partial charge in [0.2, 0.25) is 0 Å². The Kier molecular flexibility index (Phi) is 5.70. The SMILES string of the molecule is COC(=O)CCCC1(CC(=O)OC)CCc2c(F)cccc2C1=O. The first kappa shape index (κ1) is 18.1. The second-order valence-corrected chi connectivity index (χ2v) is 6.06. The zero-order valence-electron chi connectivity index (χ0n) is 13.9. The van der Waals surface area contributed by atoms with Crippen molar-refractivity contribution in [2.45, 2.75) is 38.5 Å². The van der Waals surface area contributed by atoms with E-state index in [9.17, 15) is 18.8 Å². The van der Waals surface area contributed by atoms with Crippen molar-refractivity contribution in [2.75, 3.05) is 14.2 Å². The number of Topliss-reactive ketones (excluding diaryl/α,β-unsaturated/α-hetero) is 1. The molecule has 1 aliphatic carbocycles. The second kappa shape index (κ2) is 7.55. The number of fused-ring (bicyclic) bond motifs is 1. The number of methoxy groups -OCH3 is 2. The van der Waals surface area contributed by atoms with E-state index in [1.807, 2.05) is 0 Å². The lowest BCUT2D eigenvalue weighted by atomic mass is 9.66. The quantitative estimate of drug-likeness (QED) is 0.747. The van der Waals surface area contributed by atoms with Gasteiger partial charge < -0.3 is 9.47 Å². The molecule has 0 radical (unpaired) electrons. The fraction of sp³-hybridized carbons (Fsp3) is 0.500. The van der Waals surface area contributed by atoms with Gasteiger partial charge in [0.1, 0.15) is 5.82 Å². The Hall–Kier alpha value is -2.24. The number of hydrogen-bond donors (Lipinski definition) is 0. The predicted octanol–water partition coefficient (Wildman–Crippen LogP) is 2.85. The van der Waals surface area contributed by atoms with Crippen LogP contribution in [0.3, 0.4) is 0 Å². The number of ether oxygens (including phenoxy) is 2. The van der Waals surface area contributed by atoms with Crippen LogP contribution in [-0.2, 0) is 25.5 Å². The summed E-state index contributed by atoms with van der Waals surface area (Å²) in [5.41, 5.74) is -0.235. The van der Waals surface area contributed by atoms with Gasteiger partial charge in [-0.3, -0.25) is 14.4 Å². The number of carbonyl (C=O) groups excluding carboxylic acids is 3. The maximum Gasteiger partial charge on any atom is 0.306 e. The standard InChI is InChI=1S/C18H21FO5/c1-23-15(20)7-4-9-18(11-16(21)24-2)10-8-12-13(17(18)22)5-3-6-14(12)19/h3,5-6H,4,7-11H2,1-2H3. The summed E-state index contributed by atoms with van der Waals surface area (Å²) in [6, 6.07) is 4.41. The molecule has 0 aliphatic heterocycles. The highest BCUT2D eigenvalue weighted by atomic mass is 19.1. The minimum absolute atomic E-state index is 0.0700. The monoisotopic (exact) mass is 336 g/mol. The molecule has 24 heavy (non-hydrogen) atoms. The fourth-order valence-electron chi connectivity index (χ4n) is 3.31. The molecule has 2 rings (SSSR count). The molecule has 1 atom stereocenters. The predicted molar refractivity (Wildman–Crippen MR) is 84.0 cm³/mol. The maximum absolute atomic E-state index is 13.9. The first-order chi connectivity index (χ1) is 11.4. The lowest BCUT2D eigenvalue weighted by Crippen LogP contribution is -2.39. The molecule has 0 N–H and O–H groups in total. The van der Waals surface area contributed by atoms with Gasteiger partial charge in [-0.15, -0.1) is 0 Å². The Morgan fingerprint density at radius 3 is 2.58 bits per heavy atom. The molecule has 1 aromatic rings. The van der Waals surface area contributed by atoms with Gasteiger partial charge in [-0.1, -0.05) is 12.1 Å². The van der Waals surface area contributed by atoms with Gasteiger partial charge in [0.25, 0.3) is 0 Å². The van der Waals surface area contributed by atoms with E-state index in [1.165, 1.54) is 26.4 Å². The molecule has 130 valence electrons. The van der Waals surface area contributed by atoms with Crippen LogP contribution in [0.25, 0.3) is 0 Å². The molecule has 0 amide bonds. The smallest absolute Gasteiger partial charge is 0.306 e. The van der Waals surface area contributed by atoms with Gasteiger partial charge in [-0.05, 0) is 37.3 Å². The van der Waals surface area contributed by atoms with E-state index in [0.29, 0.717) is 36.8 Å². The summed E-state index contributed by atoms with van der Waals surface area (Å²) in [6.45, 7) is 0. The van der Waals surface area contributed by atoms with Crippen LogP contribution in [0.5, 0.6) is 0 Å². The third-order valence-corrected chi connectivity index (χ3v) is 4.67. The van der Waals surface area contributed by atoms with Gasteiger partial charge in [0.15, 0.2) is 5.78 Å². The molecule has 0 bridgehead atoms. The number of rotatable bonds is 6.